The van der Waals surface area contributed by atoms with Gasteiger partial charge in [-0.05, 0) is 5.56 Å². The highest BCUT2D eigenvalue weighted by Crippen LogP contribution is 2.17. The minimum absolute atomic E-state index is 0.615. The molecule has 0 amide bonds. The van der Waals surface area contributed by atoms with E-state index in [1.165, 1.54) is 7.11 Å². The molecule has 1 aromatic carbocycles. The lowest BCUT2D eigenvalue weighted by Gasteiger charge is -2.10. The number of halogens is 1. The summed E-state index contributed by atoms with van der Waals surface area (Å²) < 4.78 is 9.00. The van der Waals surface area contributed by atoms with Gasteiger partial charge in [0.25, 0.3) is 0 Å². The highest BCUT2D eigenvalue weighted by atomic mass is 35.5. The van der Waals surface area contributed by atoms with Crippen LogP contribution in [0.4, 0.5) is 0 Å². The summed E-state index contributed by atoms with van der Waals surface area (Å²) in [6.45, 7) is 0. The Labute approximate surface area is 81.4 Å². The third-order valence-electron chi connectivity index (χ3n) is 1.63. The van der Waals surface area contributed by atoms with Crippen LogP contribution in [0.1, 0.15) is 11.7 Å². The van der Waals surface area contributed by atoms with Gasteiger partial charge in [-0.25, -0.2) is 4.79 Å². The Kier molecular flexibility index (Phi) is 3.73. The second-order valence-electron chi connectivity index (χ2n) is 2.42. The molecule has 0 aliphatic heterocycles. The third kappa shape index (κ3) is 2.44. The predicted octanol–water partition coefficient (Wildman–Crippen LogP) is 2.07. The molecule has 0 bridgehead atoms. The van der Waals surface area contributed by atoms with Gasteiger partial charge in [0, 0.05) is 7.11 Å². The van der Waals surface area contributed by atoms with Gasteiger partial charge in [-0.15, -0.1) is 0 Å². The van der Waals surface area contributed by atoms with E-state index in [1.54, 1.807) is 12.1 Å². The zero-order chi connectivity index (χ0) is 9.68. The minimum atomic E-state index is -0.751. The number of benzene rings is 1. The topological polar surface area (TPSA) is 35.5 Å². The maximum atomic E-state index is 11.1. The van der Waals surface area contributed by atoms with Crippen molar-refractivity contribution in [1.29, 1.82) is 0 Å². The normalized spacial score (nSPS) is 12.2. The van der Waals surface area contributed by atoms with Crippen molar-refractivity contribution >= 4 is 17.8 Å². The number of hydrogen-bond donors (Lipinski definition) is 0. The van der Waals surface area contributed by atoms with Crippen LogP contribution in [-0.2, 0) is 13.8 Å². The summed E-state index contributed by atoms with van der Waals surface area (Å²) in [7, 11) is 1.42. The van der Waals surface area contributed by atoms with E-state index >= 15 is 0 Å². The Morgan fingerprint density at radius 1 is 1.38 bits per heavy atom. The SMILES string of the molecule is COC(C(=O)OCl)c1ccccc1. The molecule has 1 rings (SSSR count). The van der Waals surface area contributed by atoms with Gasteiger partial charge in [0.1, 0.15) is 11.9 Å². The monoisotopic (exact) mass is 200 g/mol. The lowest BCUT2D eigenvalue weighted by Crippen LogP contribution is -2.14. The second-order valence-corrected chi connectivity index (χ2v) is 2.58. The van der Waals surface area contributed by atoms with E-state index in [2.05, 4.69) is 4.29 Å². The van der Waals surface area contributed by atoms with Gasteiger partial charge < -0.3 is 9.03 Å². The molecule has 70 valence electrons. The van der Waals surface area contributed by atoms with E-state index in [1.807, 2.05) is 18.2 Å². The van der Waals surface area contributed by atoms with Crippen molar-refractivity contribution in [3.63, 3.8) is 0 Å². The molecular formula is C9H9ClO3. The maximum Gasteiger partial charge on any atom is 0.357 e. The zero-order valence-electron chi connectivity index (χ0n) is 7.07. The molecule has 13 heavy (non-hydrogen) atoms. The summed E-state index contributed by atoms with van der Waals surface area (Å²) in [5, 5.41) is 0. The molecule has 0 fully saturated rings. The molecule has 1 atom stereocenters. The summed E-state index contributed by atoms with van der Waals surface area (Å²) in [5.74, 6) is -0.615. The molecule has 0 saturated heterocycles. The molecule has 0 spiro atoms. The van der Waals surface area contributed by atoms with Crippen molar-refractivity contribution in [1.82, 2.24) is 0 Å². The van der Waals surface area contributed by atoms with E-state index in [-0.39, 0.29) is 0 Å². The van der Waals surface area contributed by atoms with Crippen molar-refractivity contribution in [3.8, 4) is 0 Å². The van der Waals surface area contributed by atoms with Crippen LogP contribution in [0.2, 0.25) is 0 Å². The molecule has 1 aromatic rings. The first-order chi connectivity index (χ1) is 6.29. The predicted molar refractivity (Wildman–Crippen MR) is 48.1 cm³/mol. The number of hydrogen-bond acceptors (Lipinski definition) is 3. The quantitative estimate of drug-likeness (QED) is 0.750. The van der Waals surface area contributed by atoms with Gasteiger partial charge in [-0.1, -0.05) is 30.3 Å². The summed E-state index contributed by atoms with van der Waals surface area (Å²) in [6, 6.07) is 9.00. The smallest absolute Gasteiger partial charge is 0.357 e. The van der Waals surface area contributed by atoms with Crippen LogP contribution in [0.5, 0.6) is 0 Å². The lowest BCUT2D eigenvalue weighted by atomic mass is 10.1. The average Bonchev–Trinajstić information content (AvgIpc) is 2.20. The number of ether oxygens (including phenoxy) is 1. The van der Waals surface area contributed by atoms with Gasteiger partial charge >= 0.3 is 5.97 Å². The van der Waals surface area contributed by atoms with Gasteiger partial charge in [0.2, 0.25) is 0 Å². The molecular weight excluding hydrogens is 192 g/mol. The summed E-state index contributed by atoms with van der Waals surface area (Å²) in [5.41, 5.74) is 0.718. The minimum Gasteiger partial charge on any atom is -0.365 e. The average molecular weight is 201 g/mol. The molecule has 0 radical (unpaired) electrons. The fraction of sp³-hybridized carbons (Fsp3) is 0.222. The number of methoxy groups -OCH3 is 1. The fourth-order valence-electron chi connectivity index (χ4n) is 1.04. The molecule has 0 aromatic heterocycles. The lowest BCUT2D eigenvalue weighted by molar-refractivity contribution is -0.145. The van der Waals surface area contributed by atoms with Crippen LogP contribution >= 0.6 is 11.9 Å². The van der Waals surface area contributed by atoms with Crippen molar-refractivity contribution in [2.45, 2.75) is 6.10 Å². The first kappa shape index (κ1) is 10.0. The first-order valence-corrected chi connectivity index (χ1v) is 4.00. The van der Waals surface area contributed by atoms with Crippen LogP contribution in [0.15, 0.2) is 30.3 Å². The standard InChI is InChI=1S/C9H9ClO3/c1-12-8(9(11)13-10)7-5-3-2-4-6-7/h2-6,8H,1H3. The van der Waals surface area contributed by atoms with Gasteiger partial charge in [-0.3, -0.25) is 0 Å². The van der Waals surface area contributed by atoms with E-state index < -0.39 is 12.1 Å². The number of rotatable bonds is 3. The molecule has 0 N–H and O–H groups in total. The number of carbonyl (C=O) groups is 1. The highest BCUT2D eigenvalue weighted by molar-refractivity contribution is 6.13. The van der Waals surface area contributed by atoms with Crippen molar-refractivity contribution < 1.29 is 13.8 Å². The molecule has 1 unspecified atom stereocenters. The third-order valence-corrected chi connectivity index (χ3v) is 1.78. The Hall–Kier alpha value is -1.06. The first-order valence-electron chi connectivity index (χ1n) is 3.69. The van der Waals surface area contributed by atoms with Crippen LogP contribution in [-0.4, -0.2) is 13.1 Å². The second kappa shape index (κ2) is 4.84. The Bertz CT molecular complexity index is 273. The largest absolute Gasteiger partial charge is 0.365 e. The Balaban J connectivity index is 2.85. The molecule has 0 aliphatic rings. The van der Waals surface area contributed by atoms with Crippen molar-refractivity contribution in [2.75, 3.05) is 7.11 Å². The van der Waals surface area contributed by atoms with E-state index in [9.17, 15) is 4.79 Å². The summed E-state index contributed by atoms with van der Waals surface area (Å²) in [4.78, 5) is 11.1. The zero-order valence-corrected chi connectivity index (χ0v) is 7.82. The summed E-state index contributed by atoms with van der Waals surface area (Å²) >= 11 is 4.95. The molecule has 4 heteroatoms. The van der Waals surface area contributed by atoms with E-state index in [0.29, 0.717) is 0 Å². The van der Waals surface area contributed by atoms with Crippen LogP contribution in [0.25, 0.3) is 0 Å². The van der Waals surface area contributed by atoms with E-state index in [0.717, 1.165) is 5.56 Å². The summed E-state index contributed by atoms with van der Waals surface area (Å²) in [6.07, 6.45) is -0.751. The number of carbonyl (C=O) groups excluding carboxylic acids is 1. The van der Waals surface area contributed by atoms with Crippen molar-refractivity contribution in [3.05, 3.63) is 35.9 Å². The van der Waals surface area contributed by atoms with Crippen LogP contribution in [0, 0.1) is 0 Å². The Morgan fingerprint density at radius 3 is 2.46 bits per heavy atom. The Morgan fingerprint density at radius 2 is 2.00 bits per heavy atom. The molecule has 3 nitrogen and oxygen atoms in total. The molecule has 0 aliphatic carbocycles. The van der Waals surface area contributed by atoms with Crippen LogP contribution < -0.4 is 0 Å². The van der Waals surface area contributed by atoms with E-state index in [4.69, 9.17) is 16.6 Å². The van der Waals surface area contributed by atoms with Gasteiger partial charge in [0.15, 0.2) is 6.10 Å². The highest BCUT2D eigenvalue weighted by Gasteiger charge is 2.20. The molecule has 0 saturated carbocycles. The van der Waals surface area contributed by atoms with Crippen LogP contribution in [0.3, 0.4) is 0 Å². The maximum absolute atomic E-state index is 11.1. The van der Waals surface area contributed by atoms with Crippen molar-refractivity contribution in [2.24, 2.45) is 0 Å². The van der Waals surface area contributed by atoms with Gasteiger partial charge in [0.05, 0.1) is 0 Å². The fourth-order valence-corrected chi connectivity index (χ4v) is 1.12. The van der Waals surface area contributed by atoms with Gasteiger partial charge in [-0.2, -0.15) is 0 Å². The molecule has 0 heterocycles.